The van der Waals surface area contributed by atoms with Gasteiger partial charge in [0.1, 0.15) is 0 Å². The molecule has 0 spiro atoms. The Kier molecular flexibility index (Phi) is 6.89. The molecule has 0 amide bonds. The van der Waals surface area contributed by atoms with Crippen molar-refractivity contribution in [2.45, 2.75) is 90.8 Å². The summed E-state index contributed by atoms with van der Waals surface area (Å²) < 4.78 is 27.3. The van der Waals surface area contributed by atoms with Crippen LogP contribution in [0.15, 0.2) is 11.6 Å². The van der Waals surface area contributed by atoms with E-state index in [2.05, 4.69) is 19.9 Å². The normalized spacial score (nSPS) is 40.6. The molecule has 0 aromatic carbocycles. The van der Waals surface area contributed by atoms with E-state index in [1.165, 1.54) is 19.4 Å². The number of hydrogen-bond donors (Lipinski definition) is 2. The molecular formula is C25H37O9P. The molecule has 3 fully saturated rings. The molecule has 0 saturated heterocycles. The van der Waals surface area contributed by atoms with Gasteiger partial charge in [0, 0.05) is 19.3 Å². The van der Waals surface area contributed by atoms with E-state index >= 15 is 0 Å². The van der Waals surface area contributed by atoms with Crippen LogP contribution in [0.4, 0.5) is 0 Å². The molecule has 0 bridgehead atoms. The Morgan fingerprint density at radius 1 is 1.03 bits per heavy atom. The highest BCUT2D eigenvalue weighted by Crippen LogP contribution is 2.68. The molecule has 0 aromatic rings. The van der Waals surface area contributed by atoms with Gasteiger partial charge >= 0.3 is 19.8 Å². The third-order valence-electron chi connectivity index (χ3n) is 9.64. The topological polar surface area (TPSA) is 136 Å². The van der Waals surface area contributed by atoms with Gasteiger partial charge in [-0.3, -0.25) is 18.9 Å². The van der Waals surface area contributed by atoms with Crippen molar-refractivity contribution in [2.24, 2.45) is 28.6 Å². The van der Waals surface area contributed by atoms with Crippen LogP contribution in [0.3, 0.4) is 0 Å². The zero-order chi connectivity index (χ0) is 25.8. The van der Waals surface area contributed by atoms with Crippen LogP contribution < -0.4 is 0 Å². The highest BCUT2D eigenvalue weighted by atomic mass is 31.2. The number of carbonyl (C=O) groups excluding carboxylic acids is 3. The van der Waals surface area contributed by atoms with Crippen LogP contribution in [0.1, 0.15) is 79.1 Å². The first-order valence-electron chi connectivity index (χ1n) is 12.5. The maximum Gasteiger partial charge on any atom is 0.469 e. The molecule has 9 nitrogen and oxygen atoms in total. The van der Waals surface area contributed by atoms with E-state index in [9.17, 15) is 28.7 Å². The quantitative estimate of drug-likeness (QED) is 0.309. The number of carbonyl (C=O) groups is 3. The Balaban J connectivity index is 1.61. The summed E-state index contributed by atoms with van der Waals surface area (Å²) in [7, 11) is -4.54. The number of phosphoric acid groups is 1. The van der Waals surface area contributed by atoms with Gasteiger partial charge in [0.15, 0.2) is 12.2 Å². The minimum absolute atomic E-state index is 0.0898. The molecule has 4 aliphatic rings. The third kappa shape index (κ3) is 4.54. The Labute approximate surface area is 206 Å². The van der Waals surface area contributed by atoms with Gasteiger partial charge in [0.25, 0.3) is 0 Å². The first-order valence-corrected chi connectivity index (χ1v) is 14.0. The van der Waals surface area contributed by atoms with Gasteiger partial charge in [-0.05, 0) is 74.5 Å². The molecule has 196 valence electrons. The van der Waals surface area contributed by atoms with Gasteiger partial charge in [0.05, 0.1) is 6.10 Å². The van der Waals surface area contributed by atoms with E-state index in [-0.39, 0.29) is 17.1 Å². The number of ketones is 1. The van der Waals surface area contributed by atoms with Crippen LogP contribution in [-0.2, 0) is 32.9 Å². The summed E-state index contributed by atoms with van der Waals surface area (Å²) in [6.07, 6.45) is 7.18. The standard InChI is InChI=1S/C25H37O9P/c1-15(26)32-14-22(28)25(33-16(2)27)12-9-21-19-6-5-17-13-18(34-35(29,30)31)7-10-23(17,3)20(19)8-11-24(21,25)4/h5,18-21H,6-14H2,1-4H3,(H2,29,30,31)/t18-,19-,20+,21-,23+,24+,25+/m1/s1. The van der Waals surface area contributed by atoms with Crippen molar-refractivity contribution < 1.29 is 42.7 Å². The Morgan fingerprint density at radius 2 is 1.71 bits per heavy atom. The molecule has 10 heteroatoms. The Morgan fingerprint density at radius 3 is 2.34 bits per heavy atom. The second-order valence-electron chi connectivity index (χ2n) is 11.3. The molecule has 4 aliphatic carbocycles. The van der Waals surface area contributed by atoms with Gasteiger partial charge in [-0.25, -0.2) is 4.57 Å². The summed E-state index contributed by atoms with van der Waals surface area (Å²) in [5.41, 5.74) is -0.737. The zero-order valence-electron chi connectivity index (χ0n) is 21.0. The monoisotopic (exact) mass is 512 g/mol. The van der Waals surface area contributed by atoms with Gasteiger partial charge in [-0.1, -0.05) is 25.5 Å². The molecule has 7 atom stereocenters. The second-order valence-corrected chi connectivity index (χ2v) is 12.5. The summed E-state index contributed by atoms with van der Waals surface area (Å²) in [4.78, 5) is 55.5. The summed E-state index contributed by atoms with van der Waals surface area (Å²) in [6.45, 7) is 6.48. The fourth-order valence-corrected chi connectivity index (χ4v) is 8.69. The lowest BCUT2D eigenvalue weighted by molar-refractivity contribution is -0.190. The second kappa shape index (κ2) is 9.09. The largest absolute Gasteiger partial charge is 0.469 e. The summed E-state index contributed by atoms with van der Waals surface area (Å²) in [6, 6.07) is 0. The van der Waals surface area contributed by atoms with E-state index in [1.807, 2.05) is 0 Å². The number of ether oxygens (including phenoxy) is 2. The van der Waals surface area contributed by atoms with E-state index < -0.39 is 43.5 Å². The van der Waals surface area contributed by atoms with E-state index in [0.717, 1.165) is 25.7 Å². The van der Waals surface area contributed by atoms with Crippen molar-refractivity contribution in [2.75, 3.05) is 6.61 Å². The van der Waals surface area contributed by atoms with E-state index in [0.29, 0.717) is 37.5 Å². The molecule has 0 heterocycles. The summed E-state index contributed by atoms with van der Waals surface area (Å²) >= 11 is 0. The first-order chi connectivity index (χ1) is 16.2. The lowest BCUT2D eigenvalue weighted by Crippen LogP contribution is -2.59. The lowest BCUT2D eigenvalue weighted by Gasteiger charge is -2.59. The van der Waals surface area contributed by atoms with Crippen molar-refractivity contribution in [3.05, 3.63) is 11.6 Å². The van der Waals surface area contributed by atoms with Gasteiger partial charge in [0.2, 0.25) is 5.78 Å². The first kappa shape index (κ1) is 26.5. The molecule has 0 aromatic heterocycles. The maximum absolute atomic E-state index is 13.4. The van der Waals surface area contributed by atoms with Gasteiger partial charge in [-0.2, -0.15) is 0 Å². The number of Topliss-reactive ketones (excluding diaryl/α,β-unsaturated/α-hetero) is 1. The number of rotatable bonds is 6. The molecule has 0 aliphatic heterocycles. The molecule has 2 N–H and O–H groups in total. The molecule has 4 rings (SSSR count). The minimum atomic E-state index is -4.54. The number of esters is 2. The fourth-order valence-electron chi connectivity index (χ4n) is 8.12. The number of allylic oxidation sites excluding steroid dienone is 1. The number of phosphoric ester groups is 1. The predicted octanol–water partition coefficient (Wildman–Crippen LogP) is 3.86. The van der Waals surface area contributed by atoms with Crippen LogP contribution >= 0.6 is 7.82 Å². The minimum Gasteiger partial charge on any atom is -0.458 e. The van der Waals surface area contributed by atoms with E-state index in [1.54, 1.807) is 0 Å². The van der Waals surface area contributed by atoms with Crippen LogP contribution in [-0.4, -0.2) is 45.8 Å². The summed E-state index contributed by atoms with van der Waals surface area (Å²) in [5.74, 6) is -0.559. The van der Waals surface area contributed by atoms with E-state index in [4.69, 9.17) is 14.0 Å². The van der Waals surface area contributed by atoms with Gasteiger partial charge in [-0.15, -0.1) is 0 Å². The van der Waals surface area contributed by atoms with Gasteiger partial charge < -0.3 is 19.3 Å². The number of hydrogen-bond acceptors (Lipinski definition) is 7. The smallest absolute Gasteiger partial charge is 0.458 e. The van der Waals surface area contributed by atoms with Crippen molar-refractivity contribution in [3.63, 3.8) is 0 Å². The molecular weight excluding hydrogens is 475 g/mol. The van der Waals surface area contributed by atoms with Crippen LogP contribution in [0.25, 0.3) is 0 Å². The average molecular weight is 513 g/mol. The number of fused-ring (bicyclic) bond motifs is 5. The summed E-state index contributed by atoms with van der Waals surface area (Å²) in [5, 5.41) is 0. The third-order valence-corrected chi connectivity index (χ3v) is 10.2. The van der Waals surface area contributed by atoms with Crippen molar-refractivity contribution in [3.8, 4) is 0 Å². The Hall–Kier alpha value is -1.54. The average Bonchev–Trinajstić information content (AvgIpc) is 3.04. The van der Waals surface area contributed by atoms with Crippen molar-refractivity contribution in [1.29, 1.82) is 0 Å². The Bertz CT molecular complexity index is 985. The maximum atomic E-state index is 13.4. The van der Waals surface area contributed by atoms with Crippen LogP contribution in [0.5, 0.6) is 0 Å². The van der Waals surface area contributed by atoms with Crippen LogP contribution in [0.2, 0.25) is 0 Å². The van der Waals surface area contributed by atoms with Crippen molar-refractivity contribution >= 4 is 25.5 Å². The lowest BCUT2D eigenvalue weighted by atomic mass is 9.46. The highest BCUT2D eigenvalue weighted by Gasteiger charge is 2.68. The van der Waals surface area contributed by atoms with Crippen molar-refractivity contribution in [1.82, 2.24) is 0 Å². The molecule has 35 heavy (non-hydrogen) atoms. The molecule has 0 radical (unpaired) electrons. The fraction of sp³-hybridized carbons (Fsp3) is 0.800. The van der Waals surface area contributed by atoms with Crippen LogP contribution in [0, 0.1) is 28.6 Å². The molecule has 0 unspecified atom stereocenters. The zero-order valence-corrected chi connectivity index (χ0v) is 21.8. The predicted molar refractivity (Wildman–Crippen MR) is 125 cm³/mol. The molecule has 3 saturated carbocycles. The highest BCUT2D eigenvalue weighted by molar-refractivity contribution is 7.46. The SMILES string of the molecule is CC(=O)OCC(=O)[C@@]1(OC(C)=O)CC[C@@H]2[C@@H]3CC=C4C[C@H](OP(=O)(O)O)CC[C@]4(C)[C@H]3CC[C@@]21C.